The lowest BCUT2D eigenvalue weighted by molar-refractivity contribution is -0.124. The highest BCUT2D eigenvalue weighted by Gasteiger charge is 2.39. The van der Waals surface area contributed by atoms with Crippen LogP contribution in [0.15, 0.2) is 22.7 Å². The first-order valence-corrected chi connectivity index (χ1v) is 7.12. The predicted molar refractivity (Wildman–Crippen MR) is 77.7 cm³/mol. The van der Waals surface area contributed by atoms with Gasteiger partial charge in [-0.25, -0.2) is 0 Å². The molecule has 4 nitrogen and oxygen atoms in total. The van der Waals surface area contributed by atoms with Crippen LogP contribution in [0, 0.1) is 16.7 Å². The topological polar surface area (TPSA) is 64.9 Å². The third-order valence-corrected chi connectivity index (χ3v) is 4.25. The Kier molecular flexibility index (Phi) is 4.23. The van der Waals surface area contributed by atoms with Gasteiger partial charge in [0.25, 0.3) is 0 Å². The number of nitriles is 1. The number of benzene rings is 1. The molecule has 1 aliphatic rings. The van der Waals surface area contributed by atoms with Gasteiger partial charge in [-0.05, 0) is 37.6 Å². The van der Waals surface area contributed by atoms with Gasteiger partial charge in [0.1, 0.15) is 6.07 Å². The number of nitrogens with one attached hydrogen (secondary N) is 2. The van der Waals surface area contributed by atoms with Gasteiger partial charge in [0.15, 0.2) is 0 Å². The number of carbonyl (C=O) groups excluding carboxylic acids is 1. The summed E-state index contributed by atoms with van der Waals surface area (Å²) in [7, 11) is 0. The summed E-state index contributed by atoms with van der Waals surface area (Å²) >= 11 is 3.36. The molecule has 2 N–H and O–H groups in total. The summed E-state index contributed by atoms with van der Waals surface area (Å²) < 4.78 is 0.844. The van der Waals surface area contributed by atoms with Crippen molar-refractivity contribution in [2.75, 3.05) is 18.4 Å². The van der Waals surface area contributed by atoms with Crippen molar-refractivity contribution in [3.63, 3.8) is 0 Å². The number of nitrogens with zero attached hydrogens (tertiary/aromatic N) is 1. The van der Waals surface area contributed by atoms with Crippen molar-refractivity contribution in [1.82, 2.24) is 5.32 Å². The van der Waals surface area contributed by atoms with Crippen molar-refractivity contribution >= 4 is 27.5 Å². The van der Waals surface area contributed by atoms with Crippen LogP contribution in [0.25, 0.3) is 0 Å². The van der Waals surface area contributed by atoms with Crippen LogP contribution in [-0.4, -0.2) is 19.0 Å². The van der Waals surface area contributed by atoms with Crippen molar-refractivity contribution in [3.8, 4) is 6.07 Å². The maximum Gasteiger partial charge on any atom is 0.231 e. The van der Waals surface area contributed by atoms with E-state index in [1.807, 2.05) is 6.92 Å². The number of hydrogen-bond donors (Lipinski definition) is 2. The average Bonchev–Trinajstić information content (AvgIpc) is 2.89. The molecule has 1 saturated heterocycles. The van der Waals surface area contributed by atoms with Crippen LogP contribution >= 0.6 is 15.9 Å². The van der Waals surface area contributed by atoms with Crippen LogP contribution in [0.5, 0.6) is 0 Å². The molecule has 1 aliphatic heterocycles. The van der Waals surface area contributed by atoms with Crippen LogP contribution in [-0.2, 0) is 4.79 Å². The zero-order chi connectivity index (χ0) is 13.9. The fraction of sp³-hybridized carbons (Fsp3) is 0.429. The summed E-state index contributed by atoms with van der Waals surface area (Å²) in [5.41, 5.74) is 0.699. The molecular formula is C14H16BrN3O. The molecule has 0 aromatic heterocycles. The second-order valence-corrected chi connectivity index (χ2v) is 5.73. The Hall–Kier alpha value is -1.38. The maximum absolute atomic E-state index is 12.5. The van der Waals surface area contributed by atoms with E-state index in [0.717, 1.165) is 23.9 Å². The smallest absolute Gasteiger partial charge is 0.231 e. The highest BCUT2D eigenvalue weighted by molar-refractivity contribution is 9.10. The first kappa shape index (κ1) is 14.0. The molecule has 1 heterocycles. The van der Waals surface area contributed by atoms with Gasteiger partial charge in [-0.2, -0.15) is 5.26 Å². The molecule has 0 saturated carbocycles. The van der Waals surface area contributed by atoms with Crippen LogP contribution in [0.2, 0.25) is 0 Å². The Labute approximate surface area is 121 Å². The summed E-state index contributed by atoms with van der Waals surface area (Å²) in [4.78, 5) is 12.5. The molecule has 1 atom stereocenters. The van der Waals surface area contributed by atoms with Crippen molar-refractivity contribution in [1.29, 1.82) is 5.26 Å². The van der Waals surface area contributed by atoms with E-state index in [1.54, 1.807) is 18.2 Å². The van der Waals surface area contributed by atoms with Crippen LogP contribution in [0.3, 0.4) is 0 Å². The molecule has 1 fully saturated rings. The molecular weight excluding hydrogens is 306 g/mol. The zero-order valence-corrected chi connectivity index (χ0v) is 12.4. The second kappa shape index (κ2) is 5.72. The predicted octanol–water partition coefficient (Wildman–Crippen LogP) is 2.65. The molecule has 19 heavy (non-hydrogen) atoms. The zero-order valence-electron chi connectivity index (χ0n) is 10.8. The van der Waals surface area contributed by atoms with Gasteiger partial charge in [0.2, 0.25) is 5.91 Å². The quantitative estimate of drug-likeness (QED) is 0.899. The van der Waals surface area contributed by atoms with Gasteiger partial charge in [-0.15, -0.1) is 0 Å². The molecule has 1 aromatic carbocycles. The lowest BCUT2D eigenvalue weighted by atomic mass is 9.83. The van der Waals surface area contributed by atoms with E-state index < -0.39 is 0 Å². The van der Waals surface area contributed by atoms with Crippen molar-refractivity contribution < 1.29 is 4.79 Å². The molecule has 2 rings (SSSR count). The minimum absolute atomic E-state index is 0.00500. The Balaban J connectivity index is 2.24. The van der Waals surface area contributed by atoms with Gasteiger partial charge < -0.3 is 10.6 Å². The van der Waals surface area contributed by atoms with Crippen LogP contribution in [0.4, 0.5) is 5.69 Å². The first-order chi connectivity index (χ1) is 9.11. The highest BCUT2D eigenvalue weighted by atomic mass is 79.9. The monoisotopic (exact) mass is 321 g/mol. The van der Waals surface area contributed by atoms with Crippen molar-refractivity contribution in [2.24, 2.45) is 5.41 Å². The molecule has 1 unspecified atom stereocenters. The average molecular weight is 322 g/mol. The largest absolute Gasteiger partial charge is 0.324 e. The van der Waals surface area contributed by atoms with Gasteiger partial charge >= 0.3 is 0 Å². The van der Waals surface area contributed by atoms with E-state index in [2.05, 4.69) is 32.6 Å². The minimum Gasteiger partial charge on any atom is -0.324 e. The Morgan fingerprint density at radius 1 is 1.63 bits per heavy atom. The molecule has 100 valence electrons. The Morgan fingerprint density at radius 3 is 3.00 bits per heavy atom. The molecule has 1 amide bonds. The van der Waals surface area contributed by atoms with E-state index in [-0.39, 0.29) is 11.3 Å². The Bertz CT molecular complexity index is 530. The molecule has 0 radical (unpaired) electrons. The molecule has 0 aliphatic carbocycles. The summed E-state index contributed by atoms with van der Waals surface area (Å²) in [5, 5.41) is 15.2. The number of hydrogen-bond acceptors (Lipinski definition) is 3. The summed E-state index contributed by atoms with van der Waals surface area (Å²) in [6.07, 6.45) is 1.63. The first-order valence-electron chi connectivity index (χ1n) is 6.33. The number of anilines is 1. The third-order valence-electron chi connectivity index (χ3n) is 3.75. The molecule has 0 spiro atoms. The van der Waals surface area contributed by atoms with Crippen LogP contribution < -0.4 is 10.6 Å². The maximum atomic E-state index is 12.5. The SMILES string of the molecule is CCC1(C(=O)Nc2cc(Br)ccc2C#N)CCNC1. The third kappa shape index (κ3) is 2.80. The van der Waals surface area contributed by atoms with Crippen molar-refractivity contribution in [2.45, 2.75) is 19.8 Å². The summed E-state index contributed by atoms with van der Waals surface area (Å²) in [6.45, 7) is 3.59. The van der Waals surface area contributed by atoms with E-state index >= 15 is 0 Å². The number of rotatable bonds is 3. The summed E-state index contributed by atoms with van der Waals surface area (Å²) in [6, 6.07) is 7.36. The lowest BCUT2D eigenvalue weighted by Gasteiger charge is -2.25. The van der Waals surface area contributed by atoms with Gasteiger partial charge in [0.05, 0.1) is 16.7 Å². The summed E-state index contributed by atoms with van der Waals surface area (Å²) in [5.74, 6) is -0.00500. The minimum atomic E-state index is -0.352. The number of carbonyl (C=O) groups is 1. The van der Waals surface area contributed by atoms with Gasteiger partial charge in [-0.3, -0.25) is 4.79 Å². The van der Waals surface area contributed by atoms with E-state index in [0.29, 0.717) is 17.8 Å². The molecule has 5 heteroatoms. The lowest BCUT2D eigenvalue weighted by Crippen LogP contribution is -2.37. The second-order valence-electron chi connectivity index (χ2n) is 4.82. The fourth-order valence-electron chi connectivity index (χ4n) is 2.37. The fourth-order valence-corrected chi connectivity index (χ4v) is 2.73. The van der Waals surface area contributed by atoms with E-state index in [1.165, 1.54) is 0 Å². The van der Waals surface area contributed by atoms with Gasteiger partial charge in [-0.1, -0.05) is 22.9 Å². The van der Waals surface area contributed by atoms with Crippen LogP contribution in [0.1, 0.15) is 25.3 Å². The van der Waals surface area contributed by atoms with E-state index in [4.69, 9.17) is 5.26 Å². The van der Waals surface area contributed by atoms with E-state index in [9.17, 15) is 4.79 Å². The Morgan fingerprint density at radius 2 is 2.42 bits per heavy atom. The normalized spacial score (nSPS) is 21.9. The van der Waals surface area contributed by atoms with Crippen molar-refractivity contribution in [3.05, 3.63) is 28.2 Å². The molecule has 1 aromatic rings. The molecule has 0 bridgehead atoms. The number of halogens is 1. The number of amides is 1. The standard InChI is InChI=1S/C14H16BrN3O/c1-2-14(5-6-17-9-14)13(19)18-12-7-11(15)4-3-10(12)8-16/h3-4,7,17H,2,5-6,9H2,1H3,(H,18,19). The highest BCUT2D eigenvalue weighted by Crippen LogP contribution is 2.32. The van der Waals surface area contributed by atoms with Gasteiger partial charge in [0, 0.05) is 11.0 Å².